The van der Waals surface area contributed by atoms with Gasteiger partial charge in [0.05, 0.1) is 23.8 Å². The number of halogens is 2. The number of nitrogens with zero attached hydrogens (tertiary/aromatic N) is 1. The van der Waals surface area contributed by atoms with Crippen molar-refractivity contribution in [2.45, 2.75) is 34.1 Å². The van der Waals surface area contributed by atoms with Gasteiger partial charge in [0.2, 0.25) is 17.7 Å². The molecule has 0 fully saturated rings. The minimum Gasteiger partial charge on any atom is -0.347 e. The third-order valence-electron chi connectivity index (χ3n) is 3.46. The summed E-state index contributed by atoms with van der Waals surface area (Å²) in [7, 11) is 0. The zero-order valence-electron chi connectivity index (χ0n) is 15.5. The number of hydrogen-bond donors (Lipinski definition) is 2. The molecule has 2 N–H and O–H groups in total. The number of nitrogens with one attached hydrogen (secondary N) is 2. The second-order valence-corrected chi connectivity index (χ2v) is 7.76. The number of rotatable bonds is 7. The highest BCUT2D eigenvalue weighted by Gasteiger charge is 2.23. The van der Waals surface area contributed by atoms with Crippen molar-refractivity contribution in [3.05, 3.63) is 28.2 Å². The highest BCUT2D eigenvalue weighted by Crippen LogP contribution is 2.25. The van der Waals surface area contributed by atoms with E-state index in [2.05, 4.69) is 10.6 Å². The van der Waals surface area contributed by atoms with Gasteiger partial charge in [-0.15, -0.1) is 0 Å². The Hall–Kier alpha value is -1.79. The Balaban J connectivity index is 2.68. The lowest BCUT2D eigenvalue weighted by atomic mass is 9.96. The molecule has 144 valence electrons. The highest BCUT2D eigenvalue weighted by molar-refractivity contribution is 6.35. The molecule has 0 radical (unpaired) electrons. The van der Waals surface area contributed by atoms with Gasteiger partial charge < -0.3 is 15.5 Å². The van der Waals surface area contributed by atoms with Crippen molar-refractivity contribution in [1.82, 2.24) is 10.2 Å². The van der Waals surface area contributed by atoms with E-state index in [4.69, 9.17) is 23.2 Å². The van der Waals surface area contributed by atoms with Crippen LogP contribution in [0.3, 0.4) is 0 Å². The van der Waals surface area contributed by atoms with E-state index in [0.717, 1.165) is 0 Å². The molecule has 0 saturated carbocycles. The average molecular weight is 402 g/mol. The van der Waals surface area contributed by atoms with Gasteiger partial charge in [-0.25, -0.2) is 0 Å². The summed E-state index contributed by atoms with van der Waals surface area (Å²) in [5.41, 5.74) is -0.203. The molecule has 1 aromatic carbocycles. The molecule has 0 atom stereocenters. The van der Waals surface area contributed by atoms with Crippen LogP contribution in [0.4, 0.5) is 5.69 Å². The standard InChI is InChI=1S/C18H25Cl2N3O3/c1-5-8-23(16(25)10-21-17(26)18(2,3)4)11-15(24)22-14-9-12(19)6-7-13(14)20/h6-7,9H,5,8,10-11H2,1-4H3,(H,21,26)(H,22,24). The highest BCUT2D eigenvalue weighted by atomic mass is 35.5. The molecule has 0 bridgehead atoms. The lowest BCUT2D eigenvalue weighted by molar-refractivity contribution is -0.136. The van der Waals surface area contributed by atoms with Crippen molar-refractivity contribution in [3.63, 3.8) is 0 Å². The van der Waals surface area contributed by atoms with Gasteiger partial charge in [-0.1, -0.05) is 50.9 Å². The average Bonchev–Trinajstić information content (AvgIpc) is 2.54. The summed E-state index contributed by atoms with van der Waals surface area (Å²) in [5.74, 6) is -0.938. The summed E-state index contributed by atoms with van der Waals surface area (Å²) in [4.78, 5) is 37.9. The van der Waals surface area contributed by atoms with Crippen LogP contribution in [-0.2, 0) is 14.4 Å². The third-order valence-corrected chi connectivity index (χ3v) is 4.03. The van der Waals surface area contributed by atoms with E-state index in [9.17, 15) is 14.4 Å². The van der Waals surface area contributed by atoms with Crippen molar-refractivity contribution in [3.8, 4) is 0 Å². The third kappa shape index (κ3) is 7.22. The molecule has 0 aliphatic carbocycles. The van der Waals surface area contributed by atoms with Crippen LogP contribution in [0, 0.1) is 5.41 Å². The fourth-order valence-corrected chi connectivity index (χ4v) is 2.39. The van der Waals surface area contributed by atoms with Crippen molar-refractivity contribution < 1.29 is 14.4 Å². The molecular weight excluding hydrogens is 377 g/mol. The first-order valence-corrected chi connectivity index (χ1v) is 9.11. The van der Waals surface area contributed by atoms with Crippen LogP contribution < -0.4 is 10.6 Å². The van der Waals surface area contributed by atoms with Gasteiger partial charge in [0.25, 0.3) is 0 Å². The molecule has 0 aromatic heterocycles. The van der Waals surface area contributed by atoms with Crippen LogP contribution in [-0.4, -0.2) is 42.3 Å². The fourth-order valence-electron chi connectivity index (χ4n) is 2.05. The molecule has 0 unspecified atom stereocenters. The Morgan fingerprint density at radius 2 is 1.81 bits per heavy atom. The number of amides is 3. The molecule has 0 aliphatic rings. The van der Waals surface area contributed by atoms with Crippen LogP contribution in [0.15, 0.2) is 18.2 Å². The second-order valence-electron chi connectivity index (χ2n) is 6.92. The Kier molecular flexibility index (Phi) is 8.37. The summed E-state index contributed by atoms with van der Waals surface area (Å²) in [6.07, 6.45) is 0.685. The van der Waals surface area contributed by atoms with Gasteiger partial charge in [-0.05, 0) is 24.6 Å². The van der Waals surface area contributed by atoms with Gasteiger partial charge >= 0.3 is 0 Å². The normalized spacial score (nSPS) is 11.0. The lowest BCUT2D eigenvalue weighted by Crippen LogP contribution is -2.46. The first-order valence-electron chi connectivity index (χ1n) is 8.35. The zero-order chi connectivity index (χ0) is 19.9. The monoisotopic (exact) mass is 401 g/mol. The van der Waals surface area contributed by atoms with E-state index in [1.165, 1.54) is 11.0 Å². The first kappa shape index (κ1) is 22.3. The van der Waals surface area contributed by atoms with Gasteiger partial charge in [0.1, 0.15) is 0 Å². The van der Waals surface area contributed by atoms with Crippen LogP contribution >= 0.6 is 23.2 Å². The van der Waals surface area contributed by atoms with Gasteiger partial charge in [-0.2, -0.15) is 0 Å². The maximum atomic E-state index is 12.4. The SMILES string of the molecule is CCCN(CC(=O)Nc1cc(Cl)ccc1Cl)C(=O)CNC(=O)C(C)(C)C. The number of hydrogen-bond acceptors (Lipinski definition) is 3. The van der Waals surface area contributed by atoms with Crippen LogP contribution in [0.2, 0.25) is 10.0 Å². The van der Waals surface area contributed by atoms with Crippen LogP contribution in [0.25, 0.3) is 0 Å². The fraction of sp³-hybridized carbons (Fsp3) is 0.500. The minimum absolute atomic E-state index is 0.138. The predicted octanol–water partition coefficient (Wildman–Crippen LogP) is 3.33. The lowest BCUT2D eigenvalue weighted by Gasteiger charge is -2.23. The Labute approximate surface area is 164 Å². The topological polar surface area (TPSA) is 78.5 Å². The van der Waals surface area contributed by atoms with Crippen molar-refractivity contribution in [2.75, 3.05) is 25.0 Å². The predicted molar refractivity (Wildman–Crippen MR) is 104 cm³/mol. The first-order chi connectivity index (χ1) is 12.0. The summed E-state index contributed by atoms with van der Waals surface area (Å²) < 4.78 is 0. The Morgan fingerprint density at radius 1 is 1.15 bits per heavy atom. The van der Waals surface area contributed by atoms with E-state index in [1.54, 1.807) is 32.9 Å². The van der Waals surface area contributed by atoms with Crippen LogP contribution in [0.1, 0.15) is 34.1 Å². The molecule has 8 heteroatoms. The smallest absolute Gasteiger partial charge is 0.244 e. The molecule has 0 spiro atoms. The molecule has 0 aliphatic heterocycles. The second kappa shape index (κ2) is 9.78. The number of carbonyl (C=O) groups is 3. The molecule has 0 heterocycles. The number of benzene rings is 1. The number of carbonyl (C=O) groups excluding carboxylic acids is 3. The number of anilines is 1. The maximum Gasteiger partial charge on any atom is 0.244 e. The Bertz CT molecular complexity index is 672. The Morgan fingerprint density at radius 3 is 2.38 bits per heavy atom. The quantitative estimate of drug-likeness (QED) is 0.735. The van der Waals surface area contributed by atoms with E-state index in [0.29, 0.717) is 28.7 Å². The molecule has 3 amide bonds. The molecular formula is C18H25Cl2N3O3. The van der Waals surface area contributed by atoms with Gasteiger partial charge in [-0.3, -0.25) is 14.4 Å². The van der Waals surface area contributed by atoms with E-state index in [1.807, 2.05) is 6.92 Å². The molecule has 1 aromatic rings. The largest absolute Gasteiger partial charge is 0.347 e. The summed E-state index contributed by atoms with van der Waals surface area (Å²) in [6.45, 7) is 7.30. The maximum absolute atomic E-state index is 12.4. The van der Waals surface area contributed by atoms with Crippen molar-refractivity contribution in [2.24, 2.45) is 5.41 Å². The van der Waals surface area contributed by atoms with E-state index < -0.39 is 11.3 Å². The summed E-state index contributed by atoms with van der Waals surface area (Å²) in [5, 5.41) is 6.04. The summed E-state index contributed by atoms with van der Waals surface area (Å²) >= 11 is 11.9. The van der Waals surface area contributed by atoms with Gasteiger partial charge in [0, 0.05) is 17.0 Å². The molecule has 26 heavy (non-hydrogen) atoms. The van der Waals surface area contributed by atoms with Crippen molar-refractivity contribution >= 4 is 46.6 Å². The van der Waals surface area contributed by atoms with Crippen LogP contribution in [0.5, 0.6) is 0 Å². The van der Waals surface area contributed by atoms with E-state index >= 15 is 0 Å². The molecule has 1 rings (SSSR count). The molecule has 0 saturated heterocycles. The van der Waals surface area contributed by atoms with E-state index in [-0.39, 0.29) is 24.9 Å². The zero-order valence-corrected chi connectivity index (χ0v) is 17.0. The summed E-state index contributed by atoms with van der Waals surface area (Å²) in [6, 6.07) is 4.73. The van der Waals surface area contributed by atoms with Gasteiger partial charge in [0.15, 0.2) is 0 Å². The minimum atomic E-state index is -0.587. The molecule has 6 nitrogen and oxygen atoms in total. The van der Waals surface area contributed by atoms with Crippen molar-refractivity contribution in [1.29, 1.82) is 0 Å².